The summed E-state index contributed by atoms with van der Waals surface area (Å²) in [5.74, 6) is 0.463. The molecule has 0 aliphatic carbocycles. The van der Waals surface area contributed by atoms with E-state index in [0.717, 1.165) is 12.0 Å². The highest BCUT2D eigenvalue weighted by Gasteiger charge is 2.23. The van der Waals surface area contributed by atoms with E-state index in [0.29, 0.717) is 35.3 Å². The van der Waals surface area contributed by atoms with Gasteiger partial charge in [-0.2, -0.15) is 0 Å². The Morgan fingerprint density at radius 2 is 1.93 bits per heavy atom. The van der Waals surface area contributed by atoms with E-state index >= 15 is 0 Å². The topological polar surface area (TPSA) is 68.1 Å². The van der Waals surface area contributed by atoms with Gasteiger partial charge in [-0.1, -0.05) is 23.7 Å². The van der Waals surface area contributed by atoms with Crippen LogP contribution in [0.4, 0.5) is 5.95 Å². The number of halogens is 1. The minimum Gasteiger partial charge on any atom is -0.334 e. The van der Waals surface area contributed by atoms with Gasteiger partial charge < -0.3 is 4.90 Å². The first kappa shape index (κ1) is 17.4. The number of pyridine rings is 1. The zero-order valence-electron chi connectivity index (χ0n) is 14.5. The lowest BCUT2D eigenvalue weighted by atomic mass is 10.1. The lowest BCUT2D eigenvalue weighted by molar-refractivity contribution is 0.0997. The Labute approximate surface area is 161 Å². The van der Waals surface area contributed by atoms with Crippen LogP contribution in [0.25, 0.3) is 11.3 Å². The molecule has 27 heavy (non-hydrogen) atoms. The Morgan fingerprint density at radius 1 is 1.11 bits per heavy atom. The van der Waals surface area contributed by atoms with Gasteiger partial charge in [0.2, 0.25) is 5.95 Å². The highest BCUT2D eigenvalue weighted by atomic mass is 35.5. The van der Waals surface area contributed by atoms with Gasteiger partial charge in [-0.25, -0.2) is 4.98 Å². The summed E-state index contributed by atoms with van der Waals surface area (Å²) in [5.41, 5.74) is 1.83. The molecule has 6 nitrogen and oxygen atoms in total. The number of carbonyl (C=O) groups excluding carboxylic acids is 1. The molecular weight excluding hydrogens is 364 g/mol. The number of hydrogen-bond acceptors (Lipinski definition) is 5. The van der Waals surface area contributed by atoms with Gasteiger partial charge in [0.15, 0.2) is 5.78 Å². The van der Waals surface area contributed by atoms with Crippen LogP contribution in [-0.4, -0.2) is 33.4 Å². The number of aromatic nitrogens is 3. The molecule has 0 unspecified atom stereocenters. The van der Waals surface area contributed by atoms with Crippen molar-refractivity contribution in [2.45, 2.75) is 13.0 Å². The first-order valence-corrected chi connectivity index (χ1v) is 9.05. The molecule has 0 fully saturated rings. The molecule has 0 saturated carbocycles. The standard InChI is InChI=1S/C20H17ClN4O2/c21-16-4-1-3-15(11-16)18(26)13-24-9-2-10-25-19(27)12-17(23-20(24)25)14-5-7-22-8-6-14/h1,3-8,11-12H,2,9-10,13H2. The molecule has 0 bridgehead atoms. The normalized spacial score (nSPS) is 13.3. The Kier molecular flexibility index (Phi) is 4.73. The smallest absolute Gasteiger partial charge is 0.255 e. The van der Waals surface area contributed by atoms with E-state index in [1.54, 1.807) is 41.2 Å². The first-order chi connectivity index (χ1) is 13.1. The predicted octanol–water partition coefficient (Wildman–Crippen LogP) is 3.05. The summed E-state index contributed by atoms with van der Waals surface area (Å²) in [6.07, 6.45) is 4.11. The Hall–Kier alpha value is -2.99. The van der Waals surface area contributed by atoms with Gasteiger partial charge in [0.25, 0.3) is 5.56 Å². The summed E-state index contributed by atoms with van der Waals surface area (Å²) < 4.78 is 1.62. The Morgan fingerprint density at radius 3 is 2.70 bits per heavy atom. The molecule has 1 aliphatic heterocycles. The predicted molar refractivity (Wildman–Crippen MR) is 104 cm³/mol. The van der Waals surface area contributed by atoms with E-state index in [2.05, 4.69) is 9.97 Å². The van der Waals surface area contributed by atoms with Crippen LogP contribution >= 0.6 is 11.6 Å². The summed E-state index contributed by atoms with van der Waals surface area (Å²) in [5, 5.41) is 0.522. The monoisotopic (exact) mass is 380 g/mol. The van der Waals surface area contributed by atoms with Gasteiger partial charge in [-0.3, -0.25) is 19.1 Å². The lowest BCUT2D eigenvalue weighted by Gasteiger charge is -2.30. The molecule has 7 heteroatoms. The second-order valence-corrected chi connectivity index (χ2v) is 6.81. The minimum absolute atomic E-state index is 0.0606. The third-order valence-corrected chi connectivity index (χ3v) is 4.77. The molecule has 1 aromatic carbocycles. The van der Waals surface area contributed by atoms with Gasteiger partial charge in [0.1, 0.15) is 0 Å². The van der Waals surface area contributed by atoms with Crippen molar-refractivity contribution in [3.05, 3.63) is 75.8 Å². The second kappa shape index (κ2) is 7.32. The van der Waals surface area contributed by atoms with E-state index in [9.17, 15) is 9.59 Å². The Bertz CT molecular complexity index is 1050. The molecule has 136 valence electrons. The molecule has 0 atom stereocenters. The fourth-order valence-corrected chi connectivity index (χ4v) is 3.40. The molecule has 0 spiro atoms. The maximum absolute atomic E-state index is 12.7. The van der Waals surface area contributed by atoms with E-state index < -0.39 is 0 Å². The average Bonchev–Trinajstić information content (AvgIpc) is 2.69. The van der Waals surface area contributed by atoms with E-state index in [1.165, 1.54) is 6.07 Å². The number of hydrogen-bond donors (Lipinski definition) is 0. The van der Waals surface area contributed by atoms with Crippen LogP contribution in [0, 0.1) is 0 Å². The van der Waals surface area contributed by atoms with Crippen LogP contribution in [0.2, 0.25) is 5.02 Å². The molecule has 3 heterocycles. The number of benzene rings is 1. The number of fused-ring (bicyclic) bond motifs is 1. The minimum atomic E-state index is -0.119. The summed E-state index contributed by atoms with van der Waals surface area (Å²) >= 11 is 5.99. The van der Waals surface area contributed by atoms with Crippen LogP contribution in [0.3, 0.4) is 0 Å². The number of ketones is 1. The Balaban J connectivity index is 1.69. The van der Waals surface area contributed by atoms with Crippen LogP contribution in [0.1, 0.15) is 16.8 Å². The van der Waals surface area contributed by atoms with E-state index in [4.69, 9.17) is 11.6 Å². The summed E-state index contributed by atoms with van der Waals surface area (Å²) in [6.45, 7) is 1.41. The average molecular weight is 381 g/mol. The SMILES string of the molecule is O=C(CN1CCCn2c1nc(-c1ccncc1)cc2=O)c1cccc(Cl)c1. The van der Waals surface area contributed by atoms with E-state index in [-0.39, 0.29) is 17.9 Å². The third-order valence-electron chi connectivity index (χ3n) is 4.54. The van der Waals surface area contributed by atoms with Crippen LogP contribution in [0.5, 0.6) is 0 Å². The van der Waals surface area contributed by atoms with Crippen LogP contribution in [0.15, 0.2) is 59.7 Å². The van der Waals surface area contributed by atoms with E-state index in [1.807, 2.05) is 17.0 Å². The number of rotatable bonds is 4. The molecule has 1 aliphatic rings. The highest BCUT2D eigenvalue weighted by molar-refractivity contribution is 6.31. The molecule has 0 N–H and O–H groups in total. The molecule has 0 radical (unpaired) electrons. The van der Waals surface area contributed by atoms with Crippen molar-refractivity contribution in [3.8, 4) is 11.3 Å². The number of Topliss-reactive ketones (excluding diaryl/α,β-unsaturated/α-hetero) is 1. The second-order valence-electron chi connectivity index (χ2n) is 6.38. The van der Waals surface area contributed by atoms with Gasteiger partial charge in [-0.15, -0.1) is 0 Å². The summed E-state index contributed by atoms with van der Waals surface area (Å²) in [7, 11) is 0. The summed E-state index contributed by atoms with van der Waals surface area (Å²) in [4.78, 5) is 35.8. The fraction of sp³-hybridized carbons (Fsp3) is 0.200. The van der Waals surface area contributed by atoms with Crippen molar-refractivity contribution in [1.82, 2.24) is 14.5 Å². The maximum Gasteiger partial charge on any atom is 0.255 e. The van der Waals surface area contributed by atoms with Gasteiger partial charge in [-0.05, 0) is 30.7 Å². The van der Waals surface area contributed by atoms with Crippen molar-refractivity contribution >= 4 is 23.3 Å². The number of carbonyl (C=O) groups is 1. The summed E-state index contributed by atoms with van der Waals surface area (Å²) in [6, 6.07) is 12.0. The molecular formula is C20H17ClN4O2. The third kappa shape index (κ3) is 3.61. The quantitative estimate of drug-likeness (QED) is 0.651. The van der Waals surface area contributed by atoms with Gasteiger partial charge in [0.05, 0.1) is 12.2 Å². The van der Waals surface area contributed by atoms with Crippen molar-refractivity contribution in [1.29, 1.82) is 0 Å². The van der Waals surface area contributed by atoms with Crippen molar-refractivity contribution in [2.75, 3.05) is 18.0 Å². The van der Waals surface area contributed by atoms with Crippen molar-refractivity contribution < 1.29 is 4.79 Å². The molecule has 0 amide bonds. The van der Waals surface area contributed by atoms with Crippen molar-refractivity contribution in [2.24, 2.45) is 0 Å². The first-order valence-electron chi connectivity index (χ1n) is 8.68. The fourth-order valence-electron chi connectivity index (χ4n) is 3.21. The lowest BCUT2D eigenvalue weighted by Crippen LogP contribution is -2.41. The number of nitrogens with zero attached hydrogens (tertiary/aromatic N) is 4. The highest BCUT2D eigenvalue weighted by Crippen LogP contribution is 2.22. The van der Waals surface area contributed by atoms with Gasteiger partial charge in [0, 0.05) is 47.7 Å². The van der Waals surface area contributed by atoms with Crippen LogP contribution in [-0.2, 0) is 6.54 Å². The number of anilines is 1. The molecule has 3 aromatic rings. The largest absolute Gasteiger partial charge is 0.334 e. The molecule has 2 aromatic heterocycles. The maximum atomic E-state index is 12.7. The van der Waals surface area contributed by atoms with Crippen molar-refractivity contribution in [3.63, 3.8) is 0 Å². The van der Waals surface area contributed by atoms with Gasteiger partial charge >= 0.3 is 0 Å². The zero-order valence-corrected chi connectivity index (χ0v) is 15.3. The zero-order chi connectivity index (χ0) is 18.8. The molecule has 4 rings (SSSR count). The molecule has 0 saturated heterocycles. The van der Waals surface area contributed by atoms with Crippen LogP contribution < -0.4 is 10.5 Å².